The molecule has 0 radical (unpaired) electrons. The highest BCUT2D eigenvalue weighted by Gasteiger charge is 2.46. The maximum atomic E-state index is 14.1. The van der Waals surface area contributed by atoms with E-state index in [1.165, 1.54) is 24.3 Å². The van der Waals surface area contributed by atoms with Gasteiger partial charge in [0.2, 0.25) is 10.0 Å². The van der Waals surface area contributed by atoms with E-state index in [2.05, 4.69) is 14.1 Å². The number of nitrogens with one attached hydrogen (secondary N) is 1. The normalized spacial score (nSPS) is 18.5. The molecule has 176 valence electrons. The minimum Gasteiger partial charge on any atom is -0.509 e. The van der Waals surface area contributed by atoms with Crippen molar-refractivity contribution in [2.24, 2.45) is 4.40 Å². The fourth-order valence-electron chi connectivity index (χ4n) is 3.26. The van der Waals surface area contributed by atoms with Crippen LogP contribution >= 0.6 is 23.1 Å². The number of aliphatic hydroxyl groups excluding tert-OH is 1. The highest BCUT2D eigenvalue weighted by atomic mass is 32.2. The Morgan fingerprint density at radius 3 is 2.74 bits per heavy atom. The second kappa shape index (κ2) is 7.72. The average Bonchev–Trinajstić information content (AvgIpc) is 3.26. The van der Waals surface area contributed by atoms with Crippen molar-refractivity contribution < 1.29 is 35.5 Å². The number of hydrogen-bond donors (Lipinski definition) is 2. The zero-order chi connectivity index (χ0) is 24.4. The number of carbonyl (C=O) groups is 1. The number of halogens is 2. The monoisotopic (exact) mass is 544 g/mol. The lowest BCUT2D eigenvalue weighted by atomic mass is 10.2. The Morgan fingerprint density at radius 1 is 1.21 bits per heavy atom. The van der Waals surface area contributed by atoms with Crippen LogP contribution in [0.1, 0.15) is 0 Å². The number of aromatic nitrogens is 1. The number of anilines is 2. The summed E-state index contributed by atoms with van der Waals surface area (Å²) in [6, 6.07) is 7.44. The number of hydrogen-bond acceptors (Lipinski definition) is 9. The third kappa shape index (κ3) is 3.81. The highest BCUT2D eigenvalue weighted by molar-refractivity contribution is 8.16. The molecule has 0 bridgehead atoms. The molecule has 0 saturated heterocycles. The molecule has 0 spiro atoms. The molecule has 34 heavy (non-hydrogen) atoms. The standard InChI is InChI=1S/C18H10F2N4O6S4/c19-8-4-5-13-10(6-8)21-17(31-13)22-33(27,28)7-12(25)15-16(26)24-11-3-1-2-9(20)14(11)32-18(24)23-34(15,29)30/h1-6,25H,7H2,(H,21,22)/b15-12-. The van der Waals surface area contributed by atoms with Gasteiger partial charge in [-0.3, -0.25) is 14.4 Å². The van der Waals surface area contributed by atoms with E-state index in [4.69, 9.17) is 0 Å². The molecule has 2 N–H and O–H groups in total. The number of sulfonamides is 2. The van der Waals surface area contributed by atoms with Crippen molar-refractivity contribution in [3.8, 4) is 0 Å². The Balaban J connectivity index is 1.49. The quantitative estimate of drug-likeness (QED) is 0.377. The molecule has 5 rings (SSSR count). The zero-order valence-corrected chi connectivity index (χ0v) is 19.7. The number of aliphatic hydroxyl groups is 1. The third-order valence-electron chi connectivity index (χ3n) is 4.61. The summed E-state index contributed by atoms with van der Waals surface area (Å²) in [7, 11) is -9.25. The number of thioether (sulfide) groups is 1. The molecule has 3 aromatic rings. The van der Waals surface area contributed by atoms with Crippen molar-refractivity contribution in [1.29, 1.82) is 0 Å². The van der Waals surface area contributed by atoms with Gasteiger partial charge in [0.1, 0.15) is 23.1 Å². The smallest absolute Gasteiger partial charge is 0.293 e. The molecular weight excluding hydrogens is 534 g/mol. The highest BCUT2D eigenvalue weighted by Crippen LogP contribution is 2.45. The van der Waals surface area contributed by atoms with Gasteiger partial charge in [-0.05, 0) is 36.0 Å². The summed E-state index contributed by atoms with van der Waals surface area (Å²) in [5, 5.41) is 9.91. The van der Waals surface area contributed by atoms with Crippen LogP contribution in [0.15, 0.2) is 56.4 Å². The molecule has 2 aliphatic rings. The molecule has 3 heterocycles. The lowest BCUT2D eigenvalue weighted by molar-refractivity contribution is -0.113. The molecular formula is C18H10F2N4O6S4. The van der Waals surface area contributed by atoms with Gasteiger partial charge in [-0.25, -0.2) is 22.2 Å². The Morgan fingerprint density at radius 2 is 1.97 bits per heavy atom. The summed E-state index contributed by atoms with van der Waals surface area (Å²) >= 11 is 1.50. The lowest BCUT2D eigenvalue weighted by Crippen LogP contribution is -2.41. The first-order valence-electron chi connectivity index (χ1n) is 9.10. The molecule has 1 amide bonds. The van der Waals surface area contributed by atoms with Crippen LogP contribution < -0.4 is 9.62 Å². The van der Waals surface area contributed by atoms with E-state index < -0.39 is 54.0 Å². The minimum atomic E-state index is -4.79. The Labute approximate surface area is 198 Å². The van der Waals surface area contributed by atoms with Gasteiger partial charge in [-0.2, -0.15) is 8.42 Å². The molecule has 1 aromatic heterocycles. The van der Waals surface area contributed by atoms with E-state index in [9.17, 15) is 35.5 Å². The van der Waals surface area contributed by atoms with E-state index in [0.717, 1.165) is 28.4 Å². The van der Waals surface area contributed by atoms with Crippen LogP contribution in [0, 0.1) is 11.6 Å². The van der Waals surface area contributed by atoms with E-state index >= 15 is 0 Å². The van der Waals surface area contributed by atoms with Crippen LogP contribution in [-0.4, -0.2) is 43.8 Å². The lowest BCUT2D eigenvalue weighted by Gasteiger charge is -2.22. The number of carbonyl (C=O) groups excluding carboxylic acids is 1. The van der Waals surface area contributed by atoms with Crippen LogP contribution in [-0.2, 0) is 24.8 Å². The molecule has 0 aliphatic carbocycles. The Hall–Kier alpha value is -3.08. The number of rotatable bonds is 4. The van der Waals surface area contributed by atoms with Crippen molar-refractivity contribution in [2.45, 2.75) is 4.90 Å². The number of fused-ring (bicyclic) bond motifs is 4. The summed E-state index contributed by atoms with van der Waals surface area (Å²) in [6.07, 6.45) is 0. The summed E-state index contributed by atoms with van der Waals surface area (Å²) in [5.74, 6) is -5.12. The second-order valence-corrected chi connectivity index (χ2v) is 12.2. The predicted molar refractivity (Wildman–Crippen MR) is 123 cm³/mol. The maximum Gasteiger partial charge on any atom is 0.293 e. The second-order valence-electron chi connectivity index (χ2n) is 6.95. The maximum absolute atomic E-state index is 14.1. The Kier molecular flexibility index (Phi) is 5.16. The average molecular weight is 545 g/mol. The van der Waals surface area contributed by atoms with E-state index in [0.29, 0.717) is 16.5 Å². The SMILES string of the molecule is O=C1/C(=C(/O)CS(=O)(=O)Nc2nc3cc(F)ccc3s2)S(=O)(=O)N=C2Sc3c(F)cccc3N12. The number of thiazole rings is 1. The number of benzene rings is 2. The van der Waals surface area contributed by atoms with Gasteiger partial charge in [0.25, 0.3) is 15.9 Å². The zero-order valence-electron chi connectivity index (χ0n) is 16.4. The van der Waals surface area contributed by atoms with Crippen LogP contribution in [0.25, 0.3) is 10.2 Å². The number of amidine groups is 1. The first-order valence-corrected chi connectivity index (χ1v) is 13.8. The molecule has 2 aliphatic heterocycles. The largest absolute Gasteiger partial charge is 0.509 e. The van der Waals surface area contributed by atoms with Crippen LogP contribution in [0.3, 0.4) is 0 Å². The van der Waals surface area contributed by atoms with Crippen molar-refractivity contribution in [3.63, 3.8) is 0 Å². The van der Waals surface area contributed by atoms with Crippen molar-refractivity contribution in [3.05, 3.63) is 58.7 Å². The summed E-state index contributed by atoms with van der Waals surface area (Å²) in [5.41, 5.74) is 0.200. The van der Waals surface area contributed by atoms with Crippen molar-refractivity contribution >= 4 is 75.3 Å². The molecule has 0 fully saturated rings. The van der Waals surface area contributed by atoms with E-state index in [1.807, 2.05) is 0 Å². The Bertz CT molecular complexity index is 1680. The van der Waals surface area contributed by atoms with Crippen LogP contribution in [0.2, 0.25) is 0 Å². The van der Waals surface area contributed by atoms with E-state index in [-0.39, 0.29) is 26.4 Å². The molecule has 0 unspecified atom stereocenters. The first kappa shape index (κ1) is 22.7. The summed E-state index contributed by atoms with van der Waals surface area (Å²) in [6.45, 7) is 0. The van der Waals surface area contributed by atoms with Gasteiger partial charge in [-0.1, -0.05) is 17.4 Å². The fraction of sp³-hybridized carbons (Fsp3) is 0.0556. The summed E-state index contributed by atoms with van der Waals surface area (Å²) in [4.78, 5) is 16.4. The van der Waals surface area contributed by atoms with E-state index in [1.54, 1.807) is 0 Å². The van der Waals surface area contributed by atoms with Gasteiger partial charge >= 0.3 is 0 Å². The van der Waals surface area contributed by atoms with Crippen LogP contribution in [0.4, 0.5) is 19.6 Å². The molecule has 0 saturated carbocycles. The summed E-state index contributed by atoms with van der Waals surface area (Å²) < 4.78 is 83.7. The van der Waals surface area contributed by atoms with Gasteiger partial charge in [0.05, 0.1) is 20.8 Å². The van der Waals surface area contributed by atoms with Gasteiger partial charge in [-0.15, -0.1) is 4.40 Å². The third-order valence-corrected chi connectivity index (χ3v) is 9.37. The van der Waals surface area contributed by atoms with Gasteiger partial charge in [0.15, 0.2) is 15.2 Å². The predicted octanol–water partition coefficient (Wildman–Crippen LogP) is 2.92. The topological polar surface area (TPSA) is 146 Å². The van der Waals surface area contributed by atoms with Crippen LogP contribution in [0.5, 0.6) is 0 Å². The number of amides is 1. The molecule has 16 heteroatoms. The number of nitrogens with zero attached hydrogens (tertiary/aromatic N) is 3. The van der Waals surface area contributed by atoms with Crippen molar-refractivity contribution in [1.82, 2.24) is 4.98 Å². The van der Waals surface area contributed by atoms with Gasteiger partial charge < -0.3 is 5.11 Å². The van der Waals surface area contributed by atoms with Crippen molar-refractivity contribution in [2.75, 3.05) is 15.4 Å². The minimum absolute atomic E-state index is 0.0108. The fourth-order valence-corrected chi connectivity index (χ4v) is 7.87. The molecule has 2 aromatic carbocycles. The molecule has 0 atom stereocenters. The van der Waals surface area contributed by atoms with Gasteiger partial charge in [0, 0.05) is 6.07 Å². The first-order chi connectivity index (χ1) is 15.9. The molecule has 10 nitrogen and oxygen atoms in total.